The first kappa shape index (κ1) is 15.1. The lowest BCUT2D eigenvalue weighted by atomic mass is 10.1. The van der Waals surface area contributed by atoms with Crippen LogP contribution in [0.15, 0.2) is 27.4 Å². The van der Waals surface area contributed by atoms with Crippen LogP contribution in [0, 0.1) is 0 Å². The molecule has 0 saturated heterocycles. The maximum Gasteiger partial charge on any atom is 0.169 e. The fourth-order valence-electron chi connectivity index (χ4n) is 1.95. The Morgan fingerprint density at radius 1 is 1.50 bits per heavy atom. The Balaban J connectivity index is 2.30. The standard InChI is InChI=1S/C13H19BrN4O2/c1-17(2)6-7-18-13(10(19-3)8-16-18)12(15)9-4-5-11(14)20-9/h4-5,8,12H,6-7,15H2,1-3H3. The lowest BCUT2D eigenvalue weighted by molar-refractivity contribution is 0.359. The highest BCUT2D eigenvalue weighted by atomic mass is 79.9. The van der Waals surface area contributed by atoms with Crippen LogP contribution in [-0.4, -0.2) is 42.4 Å². The summed E-state index contributed by atoms with van der Waals surface area (Å²) in [7, 11) is 5.65. The zero-order valence-electron chi connectivity index (χ0n) is 11.8. The third kappa shape index (κ3) is 3.23. The molecule has 6 nitrogen and oxygen atoms in total. The Morgan fingerprint density at radius 3 is 2.80 bits per heavy atom. The van der Waals surface area contributed by atoms with Gasteiger partial charge in [-0.05, 0) is 42.2 Å². The Bertz CT molecular complexity index is 564. The van der Waals surface area contributed by atoms with Crippen LogP contribution in [0.25, 0.3) is 0 Å². The lowest BCUT2D eigenvalue weighted by Crippen LogP contribution is -2.23. The van der Waals surface area contributed by atoms with Gasteiger partial charge in [-0.1, -0.05) is 0 Å². The van der Waals surface area contributed by atoms with Gasteiger partial charge >= 0.3 is 0 Å². The van der Waals surface area contributed by atoms with E-state index in [0.717, 1.165) is 18.8 Å². The highest BCUT2D eigenvalue weighted by molar-refractivity contribution is 9.10. The summed E-state index contributed by atoms with van der Waals surface area (Å²) in [4.78, 5) is 2.09. The summed E-state index contributed by atoms with van der Waals surface area (Å²) in [5.41, 5.74) is 7.10. The van der Waals surface area contributed by atoms with E-state index in [-0.39, 0.29) is 0 Å². The maximum atomic E-state index is 6.29. The van der Waals surface area contributed by atoms with Gasteiger partial charge in [0.25, 0.3) is 0 Å². The molecule has 0 radical (unpaired) electrons. The van der Waals surface area contributed by atoms with E-state index in [1.165, 1.54) is 0 Å². The molecule has 20 heavy (non-hydrogen) atoms. The quantitative estimate of drug-likeness (QED) is 0.867. The molecule has 0 aliphatic carbocycles. The number of methoxy groups -OCH3 is 1. The van der Waals surface area contributed by atoms with E-state index in [1.54, 1.807) is 13.3 Å². The second-order valence-electron chi connectivity index (χ2n) is 4.74. The molecule has 2 N–H and O–H groups in total. The van der Waals surface area contributed by atoms with Crippen molar-refractivity contribution in [2.75, 3.05) is 27.7 Å². The van der Waals surface area contributed by atoms with E-state index in [0.29, 0.717) is 16.2 Å². The molecule has 7 heteroatoms. The fraction of sp³-hybridized carbons (Fsp3) is 0.462. The van der Waals surface area contributed by atoms with Gasteiger partial charge in [0, 0.05) is 6.54 Å². The number of furan rings is 1. The number of aromatic nitrogens is 2. The van der Waals surface area contributed by atoms with Crippen LogP contribution in [0.4, 0.5) is 0 Å². The number of hydrogen-bond acceptors (Lipinski definition) is 5. The van der Waals surface area contributed by atoms with Crippen LogP contribution in [0.5, 0.6) is 5.75 Å². The highest BCUT2D eigenvalue weighted by Gasteiger charge is 2.22. The van der Waals surface area contributed by atoms with Gasteiger partial charge in [0.2, 0.25) is 0 Å². The molecule has 0 aliphatic rings. The summed E-state index contributed by atoms with van der Waals surface area (Å²) >= 11 is 3.29. The molecular weight excluding hydrogens is 324 g/mol. The monoisotopic (exact) mass is 342 g/mol. The summed E-state index contributed by atoms with van der Waals surface area (Å²) in [5.74, 6) is 1.34. The first-order chi connectivity index (χ1) is 9.52. The number of ether oxygens (including phenoxy) is 1. The van der Waals surface area contributed by atoms with Crippen LogP contribution in [0.2, 0.25) is 0 Å². The van der Waals surface area contributed by atoms with Gasteiger partial charge in [-0.25, -0.2) is 0 Å². The maximum absolute atomic E-state index is 6.29. The number of halogens is 1. The van der Waals surface area contributed by atoms with E-state index in [9.17, 15) is 0 Å². The zero-order chi connectivity index (χ0) is 14.7. The number of hydrogen-bond donors (Lipinski definition) is 1. The van der Waals surface area contributed by atoms with Crippen molar-refractivity contribution in [3.8, 4) is 5.75 Å². The number of likely N-dealkylation sites (N-methyl/N-ethyl adjacent to an activating group) is 1. The first-order valence-electron chi connectivity index (χ1n) is 6.28. The van der Waals surface area contributed by atoms with Gasteiger partial charge in [0.1, 0.15) is 17.5 Å². The predicted octanol–water partition coefficient (Wildman–Crippen LogP) is 1.86. The van der Waals surface area contributed by atoms with Gasteiger partial charge in [0.05, 0.1) is 19.9 Å². The van der Waals surface area contributed by atoms with Crippen molar-refractivity contribution in [2.24, 2.45) is 5.73 Å². The van der Waals surface area contributed by atoms with Gasteiger partial charge in [-0.3, -0.25) is 4.68 Å². The van der Waals surface area contributed by atoms with Crippen molar-refractivity contribution in [3.63, 3.8) is 0 Å². The molecule has 1 unspecified atom stereocenters. The number of nitrogens with two attached hydrogens (primary N) is 1. The first-order valence-corrected chi connectivity index (χ1v) is 7.07. The van der Waals surface area contributed by atoms with Crippen LogP contribution in [-0.2, 0) is 6.54 Å². The summed E-state index contributed by atoms with van der Waals surface area (Å²) in [6, 6.07) is 3.25. The van der Waals surface area contributed by atoms with Crippen LogP contribution < -0.4 is 10.5 Å². The Kier molecular flexibility index (Phi) is 4.85. The van der Waals surface area contributed by atoms with Crippen LogP contribution in [0.3, 0.4) is 0 Å². The van der Waals surface area contributed by atoms with Gasteiger partial charge in [0.15, 0.2) is 10.4 Å². The van der Waals surface area contributed by atoms with Gasteiger partial charge in [-0.15, -0.1) is 0 Å². The Hall–Kier alpha value is -1.31. The molecule has 2 aromatic rings. The second kappa shape index (κ2) is 6.43. The second-order valence-corrected chi connectivity index (χ2v) is 5.53. The van der Waals surface area contributed by atoms with Crippen molar-refractivity contribution in [2.45, 2.75) is 12.6 Å². The highest BCUT2D eigenvalue weighted by Crippen LogP contribution is 2.30. The van der Waals surface area contributed by atoms with E-state index in [4.69, 9.17) is 14.9 Å². The minimum atomic E-state index is -0.416. The van der Waals surface area contributed by atoms with Gasteiger partial charge in [-0.2, -0.15) is 5.10 Å². The van der Waals surface area contributed by atoms with Gasteiger partial charge < -0.3 is 19.8 Å². The largest absolute Gasteiger partial charge is 0.493 e. The minimum absolute atomic E-state index is 0.416. The third-order valence-electron chi connectivity index (χ3n) is 3.02. The normalized spacial score (nSPS) is 12.9. The minimum Gasteiger partial charge on any atom is -0.493 e. The summed E-state index contributed by atoms with van der Waals surface area (Å²) in [5, 5.41) is 4.34. The Labute approximate surface area is 126 Å². The third-order valence-corrected chi connectivity index (χ3v) is 3.45. The summed E-state index contributed by atoms with van der Waals surface area (Å²) < 4.78 is 13.4. The average Bonchev–Trinajstić information content (AvgIpc) is 3.01. The molecular formula is C13H19BrN4O2. The molecule has 0 amide bonds. The molecule has 0 fully saturated rings. The average molecular weight is 343 g/mol. The zero-order valence-corrected chi connectivity index (χ0v) is 13.4. The predicted molar refractivity (Wildman–Crippen MR) is 79.8 cm³/mol. The van der Waals surface area contributed by atoms with Crippen LogP contribution >= 0.6 is 15.9 Å². The van der Waals surface area contributed by atoms with E-state index in [2.05, 4.69) is 25.9 Å². The van der Waals surface area contributed by atoms with Crippen molar-refractivity contribution >= 4 is 15.9 Å². The number of nitrogens with zero attached hydrogens (tertiary/aromatic N) is 3. The topological polar surface area (TPSA) is 69.5 Å². The van der Waals surface area contributed by atoms with E-state index in [1.807, 2.05) is 30.9 Å². The molecule has 0 aromatic carbocycles. The van der Waals surface area contributed by atoms with E-state index < -0.39 is 6.04 Å². The van der Waals surface area contributed by atoms with Crippen molar-refractivity contribution in [1.29, 1.82) is 0 Å². The molecule has 0 aliphatic heterocycles. The number of rotatable bonds is 6. The Morgan fingerprint density at radius 2 is 2.25 bits per heavy atom. The van der Waals surface area contributed by atoms with E-state index >= 15 is 0 Å². The van der Waals surface area contributed by atoms with Crippen molar-refractivity contribution < 1.29 is 9.15 Å². The molecule has 2 heterocycles. The molecule has 0 spiro atoms. The summed E-state index contributed by atoms with van der Waals surface area (Å²) in [6.45, 7) is 1.60. The SMILES string of the molecule is COc1cnn(CCN(C)C)c1C(N)c1ccc(Br)o1. The smallest absolute Gasteiger partial charge is 0.169 e. The molecule has 2 aromatic heterocycles. The molecule has 110 valence electrons. The lowest BCUT2D eigenvalue weighted by Gasteiger charge is -2.16. The molecule has 1 atom stereocenters. The molecule has 0 saturated carbocycles. The molecule has 0 bridgehead atoms. The van der Waals surface area contributed by atoms with Crippen molar-refractivity contribution in [3.05, 3.63) is 34.5 Å². The van der Waals surface area contributed by atoms with Crippen LogP contribution in [0.1, 0.15) is 17.5 Å². The summed E-state index contributed by atoms with van der Waals surface area (Å²) in [6.07, 6.45) is 1.68. The molecule has 2 rings (SSSR count). The van der Waals surface area contributed by atoms with Crippen molar-refractivity contribution in [1.82, 2.24) is 14.7 Å². The fourth-order valence-corrected chi connectivity index (χ4v) is 2.27.